The van der Waals surface area contributed by atoms with Gasteiger partial charge in [-0.3, -0.25) is 4.79 Å². The third kappa shape index (κ3) is 1.22. The van der Waals surface area contributed by atoms with E-state index in [1.165, 1.54) is 0 Å². The number of aldehydes is 1. The van der Waals surface area contributed by atoms with E-state index in [2.05, 4.69) is 10.1 Å². The van der Waals surface area contributed by atoms with Gasteiger partial charge in [-0.05, 0) is 24.3 Å². The van der Waals surface area contributed by atoms with Crippen LogP contribution >= 0.6 is 0 Å². The largest absolute Gasteiger partial charge is 0.461 e. The lowest BCUT2D eigenvalue weighted by Gasteiger charge is -1.91. The van der Waals surface area contributed by atoms with Crippen molar-refractivity contribution in [3.63, 3.8) is 0 Å². The van der Waals surface area contributed by atoms with Crippen LogP contribution in [0.2, 0.25) is 0 Å². The first-order chi connectivity index (χ1) is 7.88. The Balaban J connectivity index is 2.27. The van der Waals surface area contributed by atoms with E-state index in [0.29, 0.717) is 22.8 Å². The highest BCUT2D eigenvalue weighted by Crippen LogP contribution is 2.17. The molecule has 3 rings (SSSR count). The van der Waals surface area contributed by atoms with Crippen molar-refractivity contribution < 1.29 is 9.21 Å². The molecule has 16 heavy (non-hydrogen) atoms. The summed E-state index contributed by atoms with van der Waals surface area (Å²) < 4.78 is 6.75. The van der Waals surface area contributed by atoms with Crippen LogP contribution in [-0.2, 0) is 0 Å². The second-order valence-corrected chi connectivity index (χ2v) is 3.26. The molecule has 0 N–H and O–H groups in total. The van der Waals surface area contributed by atoms with E-state index >= 15 is 0 Å². The molecule has 0 aliphatic heterocycles. The summed E-state index contributed by atoms with van der Waals surface area (Å²) in [6.45, 7) is 0. The van der Waals surface area contributed by atoms with Gasteiger partial charge in [0, 0.05) is 6.20 Å². The van der Waals surface area contributed by atoms with Crippen LogP contribution in [0.4, 0.5) is 0 Å². The molecule has 0 aliphatic carbocycles. The molecular weight excluding hydrogens is 206 g/mol. The fourth-order valence-electron chi connectivity index (χ4n) is 1.53. The molecule has 0 unspecified atom stereocenters. The number of carbonyl (C=O) groups is 1. The minimum absolute atomic E-state index is 0.472. The molecule has 78 valence electrons. The number of hydrogen-bond donors (Lipinski definition) is 0. The van der Waals surface area contributed by atoms with Gasteiger partial charge in [0.15, 0.2) is 17.7 Å². The summed E-state index contributed by atoms with van der Waals surface area (Å²) in [6.07, 6.45) is 4.05. The highest BCUT2D eigenvalue weighted by molar-refractivity contribution is 5.84. The van der Waals surface area contributed by atoms with Gasteiger partial charge in [0.1, 0.15) is 0 Å². The average molecular weight is 213 g/mol. The smallest absolute Gasteiger partial charge is 0.217 e. The Morgan fingerprint density at radius 2 is 2.25 bits per heavy atom. The highest BCUT2D eigenvalue weighted by Gasteiger charge is 2.10. The quantitative estimate of drug-likeness (QED) is 0.609. The monoisotopic (exact) mass is 213 g/mol. The van der Waals surface area contributed by atoms with E-state index in [-0.39, 0.29) is 0 Å². The summed E-state index contributed by atoms with van der Waals surface area (Å²) in [5.41, 5.74) is 1.04. The summed E-state index contributed by atoms with van der Waals surface area (Å²) in [4.78, 5) is 15.1. The number of carbonyl (C=O) groups excluding carboxylic acids is 1. The van der Waals surface area contributed by atoms with Crippen molar-refractivity contribution in [2.75, 3.05) is 0 Å². The second-order valence-electron chi connectivity index (χ2n) is 3.26. The zero-order chi connectivity index (χ0) is 11.0. The van der Waals surface area contributed by atoms with Crippen molar-refractivity contribution >= 4 is 11.9 Å². The molecule has 5 nitrogen and oxygen atoms in total. The summed E-state index contributed by atoms with van der Waals surface area (Å²) in [6, 6.07) is 6.98. The first-order valence-corrected chi connectivity index (χ1v) is 4.73. The number of rotatable bonds is 2. The third-order valence-electron chi connectivity index (χ3n) is 2.26. The maximum Gasteiger partial charge on any atom is 0.217 e. The fraction of sp³-hybridized carbons (Fsp3) is 0. The summed E-state index contributed by atoms with van der Waals surface area (Å²) in [7, 11) is 0. The molecule has 5 heteroatoms. The first kappa shape index (κ1) is 8.84. The van der Waals surface area contributed by atoms with Gasteiger partial charge < -0.3 is 4.42 Å². The molecule has 0 saturated carbocycles. The maximum atomic E-state index is 10.8. The van der Waals surface area contributed by atoms with Crippen LogP contribution in [0.3, 0.4) is 0 Å². The van der Waals surface area contributed by atoms with Gasteiger partial charge in [0.25, 0.3) is 0 Å². The van der Waals surface area contributed by atoms with Crippen LogP contribution < -0.4 is 0 Å². The molecule has 0 aromatic carbocycles. The number of fused-ring (bicyclic) bond motifs is 1. The molecule has 0 bridgehead atoms. The van der Waals surface area contributed by atoms with Crippen molar-refractivity contribution in [1.82, 2.24) is 14.6 Å². The van der Waals surface area contributed by atoms with Crippen LogP contribution in [0.5, 0.6) is 0 Å². The van der Waals surface area contributed by atoms with Gasteiger partial charge in [-0.25, -0.2) is 9.50 Å². The van der Waals surface area contributed by atoms with E-state index in [9.17, 15) is 4.79 Å². The van der Waals surface area contributed by atoms with Gasteiger partial charge in [0.05, 0.1) is 11.8 Å². The zero-order valence-electron chi connectivity index (χ0n) is 8.20. The van der Waals surface area contributed by atoms with Gasteiger partial charge in [-0.1, -0.05) is 0 Å². The molecule has 0 saturated heterocycles. The SMILES string of the molecule is O=Cc1cccn2nc(-c3ccco3)nc12. The number of nitrogens with zero attached hydrogens (tertiary/aromatic N) is 3. The van der Waals surface area contributed by atoms with Crippen LogP contribution in [-0.4, -0.2) is 20.9 Å². The first-order valence-electron chi connectivity index (χ1n) is 4.73. The van der Waals surface area contributed by atoms with Crippen LogP contribution in [0.15, 0.2) is 41.1 Å². The maximum absolute atomic E-state index is 10.8. The Labute approximate surface area is 90.3 Å². The molecule has 0 radical (unpaired) electrons. The number of aromatic nitrogens is 3. The third-order valence-corrected chi connectivity index (χ3v) is 2.26. The fourth-order valence-corrected chi connectivity index (χ4v) is 1.53. The summed E-state index contributed by atoms with van der Waals surface area (Å²) >= 11 is 0. The number of pyridine rings is 1. The zero-order valence-corrected chi connectivity index (χ0v) is 8.20. The van der Waals surface area contributed by atoms with Crippen molar-refractivity contribution in [3.8, 4) is 11.6 Å². The normalized spacial score (nSPS) is 10.8. The van der Waals surface area contributed by atoms with E-state index in [4.69, 9.17) is 4.42 Å². The van der Waals surface area contributed by atoms with Gasteiger partial charge >= 0.3 is 0 Å². The lowest BCUT2D eigenvalue weighted by Crippen LogP contribution is -1.90. The average Bonchev–Trinajstić information content (AvgIpc) is 2.96. The van der Waals surface area contributed by atoms with Crippen LogP contribution in [0.1, 0.15) is 10.4 Å². The number of hydrogen-bond acceptors (Lipinski definition) is 4. The van der Waals surface area contributed by atoms with Gasteiger partial charge in [-0.15, -0.1) is 5.10 Å². The second kappa shape index (κ2) is 3.30. The minimum atomic E-state index is 0.472. The van der Waals surface area contributed by atoms with E-state index in [1.54, 1.807) is 41.2 Å². The predicted molar refractivity (Wildman–Crippen MR) is 56.1 cm³/mol. The van der Waals surface area contributed by atoms with E-state index < -0.39 is 0 Å². The molecule has 0 amide bonds. The molecule has 3 aromatic heterocycles. The van der Waals surface area contributed by atoms with Crippen molar-refractivity contribution in [1.29, 1.82) is 0 Å². The Kier molecular flexibility index (Phi) is 1.83. The topological polar surface area (TPSA) is 60.4 Å². The molecule has 0 atom stereocenters. The molecular formula is C11H7N3O2. The van der Waals surface area contributed by atoms with Crippen LogP contribution in [0, 0.1) is 0 Å². The van der Waals surface area contributed by atoms with Crippen molar-refractivity contribution in [3.05, 3.63) is 42.3 Å². The Hall–Kier alpha value is -2.43. The Bertz CT molecular complexity index is 640. The van der Waals surface area contributed by atoms with E-state index in [0.717, 1.165) is 6.29 Å². The predicted octanol–water partition coefficient (Wildman–Crippen LogP) is 1.80. The highest BCUT2D eigenvalue weighted by atomic mass is 16.3. The molecule has 0 spiro atoms. The van der Waals surface area contributed by atoms with Crippen molar-refractivity contribution in [2.24, 2.45) is 0 Å². The lowest BCUT2D eigenvalue weighted by molar-refractivity contribution is 0.112. The summed E-state index contributed by atoms with van der Waals surface area (Å²) in [5.74, 6) is 1.06. The standard InChI is InChI=1S/C11H7N3O2/c15-7-8-3-1-5-14-11(8)12-10(13-14)9-4-2-6-16-9/h1-7H. The van der Waals surface area contributed by atoms with Crippen molar-refractivity contribution in [2.45, 2.75) is 0 Å². The summed E-state index contributed by atoms with van der Waals surface area (Å²) in [5, 5.41) is 4.22. The lowest BCUT2D eigenvalue weighted by atomic mass is 10.3. The molecule has 3 heterocycles. The Morgan fingerprint density at radius 1 is 1.31 bits per heavy atom. The van der Waals surface area contributed by atoms with Crippen LogP contribution in [0.25, 0.3) is 17.2 Å². The van der Waals surface area contributed by atoms with Gasteiger partial charge in [0.2, 0.25) is 5.82 Å². The molecule has 0 aliphatic rings. The minimum Gasteiger partial charge on any atom is -0.461 e. The number of furan rings is 1. The molecule has 0 fully saturated rings. The molecule has 3 aromatic rings. The Morgan fingerprint density at radius 3 is 3.00 bits per heavy atom. The van der Waals surface area contributed by atoms with E-state index in [1.807, 2.05) is 0 Å². The van der Waals surface area contributed by atoms with Gasteiger partial charge in [-0.2, -0.15) is 0 Å².